The van der Waals surface area contributed by atoms with Crippen LogP contribution in [0.15, 0.2) is 24.3 Å². The molecular weight excluding hydrogens is 443 g/mol. The van der Waals surface area contributed by atoms with Gasteiger partial charge in [0.05, 0.1) is 24.8 Å². The summed E-state index contributed by atoms with van der Waals surface area (Å²) in [6.07, 6.45) is 5.97. The van der Waals surface area contributed by atoms with E-state index in [0.29, 0.717) is 23.6 Å². The normalized spacial score (nSPS) is 20.1. The number of carbonyl (C=O) groups is 2. The number of hydrogen-bond donors (Lipinski definition) is 0. The maximum absolute atomic E-state index is 13.2. The largest absolute Gasteiger partial charge is 0.486 e. The van der Waals surface area contributed by atoms with Gasteiger partial charge in [-0.2, -0.15) is 0 Å². The van der Waals surface area contributed by atoms with E-state index in [4.69, 9.17) is 14.2 Å². The molecule has 9 nitrogen and oxygen atoms in total. The predicted octanol–water partition coefficient (Wildman–Crippen LogP) is 3.05. The number of nitrogens with zero attached hydrogens (tertiary/aromatic N) is 4. The van der Waals surface area contributed by atoms with Crippen molar-refractivity contribution in [2.75, 3.05) is 38.2 Å². The summed E-state index contributed by atoms with van der Waals surface area (Å²) in [5, 5.41) is 0. The Kier molecular flexibility index (Phi) is 8.82. The Bertz CT molecular complexity index is 863. The van der Waals surface area contributed by atoms with Gasteiger partial charge in [0.1, 0.15) is 18.3 Å². The van der Waals surface area contributed by atoms with Crippen molar-refractivity contribution >= 4 is 17.8 Å². The van der Waals surface area contributed by atoms with Gasteiger partial charge in [-0.3, -0.25) is 9.59 Å². The molecule has 1 aromatic heterocycles. The summed E-state index contributed by atoms with van der Waals surface area (Å²) in [4.78, 5) is 36.4. The van der Waals surface area contributed by atoms with E-state index in [2.05, 4.69) is 14.9 Å². The van der Waals surface area contributed by atoms with E-state index in [9.17, 15) is 14.0 Å². The molecule has 0 saturated carbocycles. The van der Waals surface area contributed by atoms with Crippen LogP contribution in [0, 0.1) is 0 Å². The lowest BCUT2D eigenvalue weighted by atomic mass is 10.1. The van der Waals surface area contributed by atoms with Gasteiger partial charge >= 0.3 is 5.97 Å². The van der Waals surface area contributed by atoms with Crippen molar-refractivity contribution in [2.45, 2.75) is 70.7 Å². The van der Waals surface area contributed by atoms with Crippen LogP contribution in [0.1, 0.15) is 52.9 Å². The Morgan fingerprint density at radius 1 is 1.15 bits per heavy atom. The number of ether oxygens (including phenoxy) is 3. The summed E-state index contributed by atoms with van der Waals surface area (Å²) in [5.74, 6) is 0.698. The molecule has 10 heteroatoms. The molecule has 2 aliphatic heterocycles. The van der Waals surface area contributed by atoms with E-state index in [-0.39, 0.29) is 43.5 Å². The SMILES string of the molecule is CN1CCC(OC2CCN(c3ncc(OC/C(=C/F)CCC(=O)OC(C)(C)C)cn3)CC2)C1=O. The van der Waals surface area contributed by atoms with E-state index in [1.54, 1.807) is 45.1 Å². The number of aromatic nitrogens is 2. The molecule has 1 amide bonds. The molecule has 3 heterocycles. The third-order valence-corrected chi connectivity index (χ3v) is 5.72. The van der Waals surface area contributed by atoms with Crippen molar-refractivity contribution in [3.8, 4) is 5.75 Å². The molecule has 2 fully saturated rings. The second-order valence-electron chi connectivity index (χ2n) is 9.72. The molecule has 2 aliphatic rings. The molecule has 0 aromatic carbocycles. The summed E-state index contributed by atoms with van der Waals surface area (Å²) in [5.41, 5.74) is -0.218. The molecule has 1 atom stereocenters. The number of amides is 1. The number of likely N-dealkylation sites (N-methyl/N-ethyl adjacent to an activating group) is 1. The Balaban J connectivity index is 1.40. The second kappa shape index (κ2) is 11.6. The topological polar surface area (TPSA) is 94.1 Å². The summed E-state index contributed by atoms with van der Waals surface area (Å²) in [7, 11) is 1.80. The van der Waals surface area contributed by atoms with Gasteiger partial charge < -0.3 is 24.0 Å². The molecule has 1 aromatic rings. The fourth-order valence-electron chi connectivity index (χ4n) is 3.88. The average molecular weight is 479 g/mol. The quantitative estimate of drug-likeness (QED) is 0.500. The van der Waals surface area contributed by atoms with E-state index in [1.165, 1.54) is 0 Å². The van der Waals surface area contributed by atoms with Crippen molar-refractivity contribution in [1.82, 2.24) is 14.9 Å². The first-order chi connectivity index (χ1) is 16.1. The third-order valence-electron chi connectivity index (χ3n) is 5.72. The van der Waals surface area contributed by atoms with Gasteiger partial charge in [0.2, 0.25) is 5.95 Å². The molecule has 3 rings (SSSR count). The van der Waals surface area contributed by atoms with Crippen LogP contribution in [0.4, 0.5) is 10.3 Å². The van der Waals surface area contributed by atoms with Crippen molar-refractivity contribution in [3.63, 3.8) is 0 Å². The standard InChI is InChI=1S/C24H35FN4O5/c1-24(2,3)34-21(30)6-5-17(13-25)16-32-19-14-26-23(27-15-19)29-11-7-18(8-12-29)33-20-9-10-28(4)22(20)31/h13-15,18,20H,5-12,16H2,1-4H3/b17-13+. The molecule has 1 unspecified atom stereocenters. The predicted molar refractivity (Wildman–Crippen MR) is 124 cm³/mol. The van der Waals surface area contributed by atoms with E-state index >= 15 is 0 Å². The highest BCUT2D eigenvalue weighted by atomic mass is 19.1. The zero-order valence-electron chi connectivity index (χ0n) is 20.5. The summed E-state index contributed by atoms with van der Waals surface area (Å²) in [6, 6.07) is 0. The molecule has 188 valence electrons. The van der Waals surface area contributed by atoms with Gasteiger partial charge in [0.25, 0.3) is 5.91 Å². The average Bonchev–Trinajstić information content (AvgIpc) is 3.11. The van der Waals surface area contributed by atoms with Crippen LogP contribution in [0.2, 0.25) is 0 Å². The Labute approximate surface area is 200 Å². The highest BCUT2D eigenvalue weighted by Crippen LogP contribution is 2.23. The summed E-state index contributed by atoms with van der Waals surface area (Å²) < 4.78 is 30.0. The van der Waals surface area contributed by atoms with Crippen LogP contribution in [0.5, 0.6) is 5.75 Å². The number of anilines is 1. The van der Waals surface area contributed by atoms with Crippen LogP contribution in [0.25, 0.3) is 0 Å². The fourth-order valence-corrected chi connectivity index (χ4v) is 3.88. The molecule has 0 radical (unpaired) electrons. The van der Waals surface area contributed by atoms with Crippen LogP contribution in [0.3, 0.4) is 0 Å². The highest BCUT2D eigenvalue weighted by Gasteiger charge is 2.33. The first-order valence-corrected chi connectivity index (χ1v) is 11.7. The van der Waals surface area contributed by atoms with Gasteiger partial charge in [-0.1, -0.05) is 0 Å². The molecular formula is C24H35FN4O5. The summed E-state index contributed by atoms with van der Waals surface area (Å²) >= 11 is 0. The fraction of sp³-hybridized carbons (Fsp3) is 0.667. The third kappa shape index (κ3) is 7.65. The number of rotatable bonds is 9. The zero-order chi connectivity index (χ0) is 24.7. The highest BCUT2D eigenvalue weighted by molar-refractivity contribution is 5.82. The second-order valence-corrected chi connectivity index (χ2v) is 9.72. The Hall–Kier alpha value is -2.75. The number of carbonyl (C=O) groups excluding carboxylic acids is 2. The maximum atomic E-state index is 13.2. The Morgan fingerprint density at radius 2 is 1.82 bits per heavy atom. The molecule has 0 spiro atoms. The first kappa shape index (κ1) is 25.9. The van der Waals surface area contributed by atoms with Crippen LogP contribution >= 0.6 is 0 Å². The maximum Gasteiger partial charge on any atom is 0.306 e. The molecule has 0 aliphatic carbocycles. The van der Waals surface area contributed by atoms with E-state index in [1.807, 2.05) is 0 Å². The van der Waals surface area contributed by atoms with Crippen molar-refractivity contribution in [3.05, 3.63) is 24.3 Å². The minimum Gasteiger partial charge on any atom is -0.486 e. The van der Waals surface area contributed by atoms with Gasteiger partial charge in [-0.15, -0.1) is 0 Å². The van der Waals surface area contributed by atoms with Gasteiger partial charge in [0, 0.05) is 39.5 Å². The van der Waals surface area contributed by atoms with Crippen LogP contribution < -0.4 is 9.64 Å². The lowest BCUT2D eigenvalue weighted by molar-refractivity contribution is -0.154. The lowest BCUT2D eigenvalue weighted by Crippen LogP contribution is -2.40. The number of hydrogen-bond acceptors (Lipinski definition) is 8. The molecule has 34 heavy (non-hydrogen) atoms. The minimum atomic E-state index is -0.569. The summed E-state index contributed by atoms with van der Waals surface area (Å²) in [6.45, 7) is 7.59. The number of piperidine rings is 1. The number of halogens is 1. The van der Waals surface area contributed by atoms with Gasteiger partial charge in [0.15, 0.2) is 5.75 Å². The van der Waals surface area contributed by atoms with Crippen molar-refractivity contribution in [2.24, 2.45) is 0 Å². The van der Waals surface area contributed by atoms with Gasteiger partial charge in [-0.05, 0) is 45.6 Å². The van der Waals surface area contributed by atoms with Crippen molar-refractivity contribution in [1.29, 1.82) is 0 Å². The van der Waals surface area contributed by atoms with E-state index in [0.717, 1.165) is 38.9 Å². The minimum absolute atomic E-state index is 0.000185. The van der Waals surface area contributed by atoms with Crippen LogP contribution in [-0.2, 0) is 19.1 Å². The molecule has 0 bridgehead atoms. The van der Waals surface area contributed by atoms with Crippen LogP contribution in [-0.4, -0.2) is 77.8 Å². The molecule has 0 N–H and O–H groups in total. The monoisotopic (exact) mass is 478 g/mol. The van der Waals surface area contributed by atoms with Gasteiger partial charge in [-0.25, -0.2) is 14.4 Å². The number of esters is 1. The lowest BCUT2D eigenvalue weighted by Gasteiger charge is -2.32. The Morgan fingerprint density at radius 3 is 2.38 bits per heavy atom. The first-order valence-electron chi connectivity index (χ1n) is 11.7. The zero-order valence-corrected chi connectivity index (χ0v) is 20.5. The van der Waals surface area contributed by atoms with E-state index < -0.39 is 5.60 Å². The smallest absolute Gasteiger partial charge is 0.306 e. The van der Waals surface area contributed by atoms with Crippen molar-refractivity contribution < 1.29 is 28.2 Å². The number of likely N-dealkylation sites (tertiary alicyclic amines) is 1. The molecule has 2 saturated heterocycles.